The lowest BCUT2D eigenvalue weighted by Crippen LogP contribution is -2.12. The Morgan fingerprint density at radius 3 is 2.45 bits per heavy atom. The Morgan fingerprint density at radius 1 is 1.10 bits per heavy atom. The standard InChI is InChI=1S/C17H22N2O/c1-12(2)20-17-11-14(9-10-15(17)18)19(4)16-8-6-5-7-13(16)3/h5-12H,18H2,1-4H3. The van der Waals surface area contributed by atoms with Crippen LogP contribution in [0.4, 0.5) is 17.1 Å². The molecule has 0 spiro atoms. The van der Waals surface area contributed by atoms with Crippen LogP contribution in [0.15, 0.2) is 42.5 Å². The van der Waals surface area contributed by atoms with Gasteiger partial charge in [0.1, 0.15) is 5.75 Å². The second-order valence-electron chi connectivity index (χ2n) is 5.23. The monoisotopic (exact) mass is 270 g/mol. The second-order valence-corrected chi connectivity index (χ2v) is 5.23. The van der Waals surface area contributed by atoms with Gasteiger partial charge in [-0.15, -0.1) is 0 Å². The van der Waals surface area contributed by atoms with E-state index < -0.39 is 0 Å². The third kappa shape index (κ3) is 3.05. The number of nitrogen functional groups attached to an aromatic ring is 1. The molecule has 0 saturated carbocycles. The van der Waals surface area contributed by atoms with Crippen molar-refractivity contribution in [2.75, 3.05) is 17.7 Å². The summed E-state index contributed by atoms with van der Waals surface area (Å²) in [4.78, 5) is 2.14. The summed E-state index contributed by atoms with van der Waals surface area (Å²) in [5, 5.41) is 0. The molecular weight excluding hydrogens is 248 g/mol. The Balaban J connectivity index is 2.35. The third-order valence-electron chi connectivity index (χ3n) is 3.22. The Labute approximate surface area is 121 Å². The van der Waals surface area contributed by atoms with Crippen LogP contribution in [0, 0.1) is 6.92 Å². The Hall–Kier alpha value is -2.16. The molecule has 2 rings (SSSR count). The van der Waals surface area contributed by atoms with Crippen molar-refractivity contribution < 1.29 is 4.74 Å². The molecule has 0 aromatic heterocycles. The summed E-state index contributed by atoms with van der Waals surface area (Å²) in [6.07, 6.45) is 0.108. The quantitative estimate of drug-likeness (QED) is 0.849. The van der Waals surface area contributed by atoms with E-state index in [2.05, 4.69) is 24.0 Å². The Kier molecular flexibility index (Phi) is 4.18. The van der Waals surface area contributed by atoms with Crippen LogP contribution in [0.1, 0.15) is 19.4 Å². The van der Waals surface area contributed by atoms with Crippen molar-refractivity contribution in [2.24, 2.45) is 0 Å². The number of hydrogen-bond donors (Lipinski definition) is 1. The molecule has 0 saturated heterocycles. The van der Waals surface area contributed by atoms with Gasteiger partial charge in [0, 0.05) is 24.5 Å². The molecule has 106 valence electrons. The normalized spacial score (nSPS) is 10.7. The van der Waals surface area contributed by atoms with Gasteiger partial charge in [-0.1, -0.05) is 18.2 Å². The fourth-order valence-electron chi connectivity index (χ4n) is 2.17. The predicted molar refractivity (Wildman–Crippen MR) is 85.9 cm³/mol. The van der Waals surface area contributed by atoms with E-state index in [1.165, 1.54) is 11.3 Å². The Bertz CT molecular complexity index is 593. The molecule has 0 atom stereocenters. The molecule has 2 N–H and O–H groups in total. The van der Waals surface area contributed by atoms with E-state index in [0.717, 1.165) is 11.4 Å². The topological polar surface area (TPSA) is 38.5 Å². The maximum absolute atomic E-state index is 5.96. The van der Waals surface area contributed by atoms with Crippen molar-refractivity contribution in [1.82, 2.24) is 0 Å². The first-order chi connectivity index (χ1) is 9.49. The zero-order valence-corrected chi connectivity index (χ0v) is 12.6. The molecule has 2 aromatic rings. The van der Waals surface area contributed by atoms with Gasteiger partial charge in [-0.25, -0.2) is 0 Å². The lowest BCUT2D eigenvalue weighted by Gasteiger charge is -2.23. The first-order valence-corrected chi connectivity index (χ1v) is 6.84. The van der Waals surface area contributed by atoms with Gasteiger partial charge in [0.05, 0.1) is 11.8 Å². The van der Waals surface area contributed by atoms with Crippen LogP contribution in [-0.4, -0.2) is 13.2 Å². The molecule has 0 unspecified atom stereocenters. The van der Waals surface area contributed by atoms with Crippen LogP contribution in [0.25, 0.3) is 0 Å². The van der Waals surface area contributed by atoms with Crippen molar-refractivity contribution in [1.29, 1.82) is 0 Å². The summed E-state index contributed by atoms with van der Waals surface area (Å²) in [6.45, 7) is 6.10. The molecule has 0 radical (unpaired) electrons. The molecule has 3 nitrogen and oxygen atoms in total. The summed E-state index contributed by atoms with van der Waals surface area (Å²) in [7, 11) is 2.05. The van der Waals surface area contributed by atoms with E-state index in [4.69, 9.17) is 10.5 Å². The predicted octanol–water partition coefficient (Wildman–Crippen LogP) is 4.13. The number of anilines is 3. The number of aryl methyl sites for hydroxylation is 1. The fourth-order valence-corrected chi connectivity index (χ4v) is 2.17. The van der Waals surface area contributed by atoms with Crippen molar-refractivity contribution in [3.63, 3.8) is 0 Å². The molecule has 0 heterocycles. The highest BCUT2D eigenvalue weighted by atomic mass is 16.5. The molecular formula is C17H22N2O. The number of benzene rings is 2. The number of hydrogen-bond acceptors (Lipinski definition) is 3. The maximum Gasteiger partial charge on any atom is 0.144 e. The molecule has 0 aliphatic rings. The summed E-state index contributed by atoms with van der Waals surface area (Å²) in [5.74, 6) is 0.734. The molecule has 0 aliphatic carbocycles. The van der Waals surface area contributed by atoms with Crippen molar-refractivity contribution in [3.05, 3.63) is 48.0 Å². The highest BCUT2D eigenvalue weighted by Gasteiger charge is 2.10. The smallest absolute Gasteiger partial charge is 0.144 e. The summed E-state index contributed by atoms with van der Waals surface area (Å²) in [6, 6.07) is 14.2. The average Bonchev–Trinajstić information content (AvgIpc) is 2.40. The minimum atomic E-state index is 0.108. The van der Waals surface area contributed by atoms with E-state index in [9.17, 15) is 0 Å². The number of ether oxygens (including phenoxy) is 1. The molecule has 20 heavy (non-hydrogen) atoms. The molecule has 0 fully saturated rings. The third-order valence-corrected chi connectivity index (χ3v) is 3.22. The molecule has 3 heteroatoms. The zero-order valence-electron chi connectivity index (χ0n) is 12.6. The number of rotatable bonds is 4. The lowest BCUT2D eigenvalue weighted by atomic mass is 10.1. The minimum Gasteiger partial charge on any atom is -0.489 e. The van der Waals surface area contributed by atoms with Gasteiger partial charge >= 0.3 is 0 Å². The van der Waals surface area contributed by atoms with Gasteiger partial charge in [0.15, 0.2) is 0 Å². The highest BCUT2D eigenvalue weighted by molar-refractivity contribution is 5.70. The van der Waals surface area contributed by atoms with Crippen LogP contribution in [-0.2, 0) is 0 Å². The van der Waals surface area contributed by atoms with E-state index in [-0.39, 0.29) is 6.10 Å². The maximum atomic E-state index is 5.96. The molecule has 0 aliphatic heterocycles. The van der Waals surface area contributed by atoms with Gasteiger partial charge in [0.2, 0.25) is 0 Å². The van der Waals surface area contributed by atoms with Crippen molar-refractivity contribution >= 4 is 17.1 Å². The van der Waals surface area contributed by atoms with Crippen LogP contribution >= 0.6 is 0 Å². The van der Waals surface area contributed by atoms with E-state index in [0.29, 0.717) is 5.69 Å². The summed E-state index contributed by atoms with van der Waals surface area (Å²) < 4.78 is 5.75. The van der Waals surface area contributed by atoms with Gasteiger partial charge in [-0.2, -0.15) is 0 Å². The SMILES string of the molecule is Cc1ccccc1N(C)c1ccc(N)c(OC(C)C)c1. The largest absolute Gasteiger partial charge is 0.489 e. The second kappa shape index (κ2) is 5.87. The van der Waals surface area contributed by atoms with Crippen molar-refractivity contribution in [3.8, 4) is 5.75 Å². The highest BCUT2D eigenvalue weighted by Crippen LogP contribution is 2.32. The van der Waals surface area contributed by atoms with Gasteiger partial charge < -0.3 is 15.4 Å². The van der Waals surface area contributed by atoms with E-state index in [1.807, 2.05) is 51.2 Å². The molecule has 0 bridgehead atoms. The molecule has 2 aromatic carbocycles. The van der Waals surface area contributed by atoms with Crippen LogP contribution in [0.2, 0.25) is 0 Å². The van der Waals surface area contributed by atoms with Crippen molar-refractivity contribution in [2.45, 2.75) is 26.9 Å². The summed E-state index contributed by atoms with van der Waals surface area (Å²) >= 11 is 0. The van der Waals surface area contributed by atoms with E-state index >= 15 is 0 Å². The van der Waals surface area contributed by atoms with Crippen LogP contribution in [0.5, 0.6) is 5.75 Å². The number of nitrogens with zero attached hydrogens (tertiary/aromatic N) is 1. The summed E-state index contributed by atoms with van der Waals surface area (Å²) in [5.41, 5.74) is 10.1. The van der Waals surface area contributed by atoms with Crippen LogP contribution < -0.4 is 15.4 Å². The number of para-hydroxylation sites is 1. The minimum absolute atomic E-state index is 0.108. The first-order valence-electron chi connectivity index (χ1n) is 6.84. The average molecular weight is 270 g/mol. The lowest BCUT2D eigenvalue weighted by molar-refractivity contribution is 0.244. The zero-order chi connectivity index (χ0) is 14.7. The van der Waals surface area contributed by atoms with Crippen LogP contribution in [0.3, 0.4) is 0 Å². The van der Waals surface area contributed by atoms with Gasteiger partial charge in [-0.3, -0.25) is 0 Å². The molecule has 0 amide bonds. The number of nitrogens with two attached hydrogens (primary N) is 1. The fraction of sp³-hybridized carbons (Fsp3) is 0.294. The Morgan fingerprint density at radius 2 is 1.80 bits per heavy atom. The van der Waals surface area contributed by atoms with E-state index in [1.54, 1.807) is 0 Å². The van der Waals surface area contributed by atoms with Gasteiger partial charge in [0.25, 0.3) is 0 Å². The first kappa shape index (κ1) is 14.3. The van der Waals surface area contributed by atoms with Gasteiger partial charge in [-0.05, 0) is 44.5 Å².